The lowest BCUT2D eigenvalue weighted by atomic mass is 9.82. The van der Waals surface area contributed by atoms with Crippen molar-refractivity contribution < 1.29 is 4.79 Å². The Hall–Kier alpha value is -0.570. The molecule has 3 saturated carbocycles. The lowest BCUT2D eigenvalue weighted by Gasteiger charge is -2.29. The number of carbonyl (C=O) groups is 1. The Morgan fingerprint density at radius 2 is 1.94 bits per heavy atom. The van der Waals surface area contributed by atoms with Crippen LogP contribution in [0.25, 0.3) is 0 Å². The predicted octanol–water partition coefficient (Wildman–Crippen LogP) is 2.20. The highest BCUT2D eigenvalue weighted by Crippen LogP contribution is 2.44. The molecule has 102 valence electrons. The fourth-order valence-electron chi connectivity index (χ4n) is 4.42. The van der Waals surface area contributed by atoms with E-state index in [2.05, 4.69) is 5.32 Å². The van der Waals surface area contributed by atoms with Gasteiger partial charge in [-0.15, -0.1) is 0 Å². The van der Waals surface area contributed by atoms with E-state index in [-0.39, 0.29) is 11.9 Å². The maximum atomic E-state index is 12.1. The average Bonchev–Trinajstić information content (AvgIpc) is 2.94. The first kappa shape index (κ1) is 12.5. The predicted molar refractivity (Wildman–Crippen MR) is 71.9 cm³/mol. The van der Waals surface area contributed by atoms with Gasteiger partial charge in [0.2, 0.25) is 5.91 Å². The zero-order valence-corrected chi connectivity index (χ0v) is 11.2. The third-order valence-electron chi connectivity index (χ3n) is 5.50. The summed E-state index contributed by atoms with van der Waals surface area (Å²) in [5.74, 6) is 2.36. The highest BCUT2D eigenvalue weighted by Gasteiger charge is 2.40. The van der Waals surface area contributed by atoms with Gasteiger partial charge in [-0.2, -0.15) is 0 Å². The summed E-state index contributed by atoms with van der Waals surface area (Å²) in [6.07, 6.45) is 10.7. The Kier molecular flexibility index (Phi) is 3.60. The largest absolute Gasteiger partial charge is 0.353 e. The van der Waals surface area contributed by atoms with Gasteiger partial charge in [0.25, 0.3) is 0 Å². The van der Waals surface area contributed by atoms with Crippen LogP contribution in [0.2, 0.25) is 0 Å². The second-order valence-electron chi connectivity index (χ2n) is 6.76. The van der Waals surface area contributed by atoms with E-state index in [9.17, 15) is 4.79 Å². The number of nitrogens with two attached hydrogens (primary N) is 1. The Labute approximate surface area is 110 Å². The molecule has 0 aromatic carbocycles. The normalized spacial score (nSPS) is 43.1. The van der Waals surface area contributed by atoms with Gasteiger partial charge < -0.3 is 11.1 Å². The van der Waals surface area contributed by atoms with Gasteiger partial charge in [-0.1, -0.05) is 19.3 Å². The van der Waals surface area contributed by atoms with Crippen molar-refractivity contribution in [2.24, 2.45) is 23.5 Å². The van der Waals surface area contributed by atoms with Crippen molar-refractivity contribution in [2.45, 2.75) is 69.9 Å². The van der Waals surface area contributed by atoms with E-state index < -0.39 is 0 Å². The van der Waals surface area contributed by atoms with Gasteiger partial charge in [-0.25, -0.2) is 0 Å². The molecule has 0 spiro atoms. The topological polar surface area (TPSA) is 55.1 Å². The highest BCUT2D eigenvalue weighted by molar-refractivity contribution is 5.76. The second-order valence-corrected chi connectivity index (χ2v) is 6.76. The van der Waals surface area contributed by atoms with Crippen LogP contribution < -0.4 is 11.1 Å². The van der Waals surface area contributed by atoms with Crippen molar-refractivity contribution >= 4 is 5.91 Å². The minimum absolute atomic E-state index is 0.254. The Balaban J connectivity index is 1.47. The SMILES string of the molecule is NC1CCCCC1CC(=O)NC1CC2CCC1C2. The number of amides is 1. The minimum Gasteiger partial charge on any atom is -0.353 e. The molecule has 3 rings (SSSR count). The van der Waals surface area contributed by atoms with E-state index in [0.29, 0.717) is 18.4 Å². The first-order chi connectivity index (χ1) is 8.72. The van der Waals surface area contributed by atoms with E-state index in [0.717, 1.165) is 24.7 Å². The summed E-state index contributed by atoms with van der Waals surface area (Å²) in [7, 11) is 0. The van der Waals surface area contributed by atoms with Crippen LogP contribution in [0.1, 0.15) is 57.8 Å². The Bertz CT molecular complexity index is 312. The Morgan fingerprint density at radius 3 is 2.61 bits per heavy atom. The molecule has 5 atom stereocenters. The average molecular weight is 250 g/mol. The maximum Gasteiger partial charge on any atom is 0.220 e. The third-order valence-corrected chi connectivity index (χ3v) is 5.50. The van der Waals surface area contributed by atoms with Crippen molar-refractivity contribution in [3.05, 3.63) is 0 Å². The van der Waals surface area contributed by atoms with Crippen LogP contribution in [0.5, 0.6) is 0 Å². The van der Waals surface area contributed by atoms with Gasteiger partial charge in [-0.05, 0) is 49.9 Å². The molecular weight excluding hydrogens is 224 g/mol. The first-order valence-electron chi connectivity index (χ1n) is 7.77. The molecule has 3 N–H and O–H groups in total. The van der Waals surface area contributed by atoms with Crippen molar-refractivity contribution in [1.29, 1.82) is 0 Å². The van der Waals surface area contributed by atoms with Gasteiger partial charge in [0.05, 0.1) is 0 Å². The van der Waals surface area contributed by atoms with E-state index in [1.54, 1.807) is 0 Å². The Morgan fingerprint density at radius 1 is 1.11 bits per heavy atom. The van der Waals surface area contributed by atoms with Crippen LogP contribution in [-0.4, -0.2) is 18.0 Å². The van der Waals surface area contributed by atoms with Crippen molar-refractivity contribution in [1.82, 2.24) is 5.32 Å². The summed E-state index contributed by atoms with van der Waals surface area (Å²) in [5.41, 5.74) is 6.12. The highest BCUT2D eigenvalue weighted by atomic mass is 16.1. The van der Waals surface area contributed by atoms with E-state index in [4.69, 9.17) is 5.73 Å². The molecule has 3 heteroatoms. The van der Waals surface area contributed by atoms with Crippen molar-refractivity contribution in [2.75, 3.05) is 0 Å². The van der Waals surface area contributed by atoms with Crippen molar-refractivity contribution in [3.63, 3.8) is 0 Å². The number of hydrogen-bond acceptors (Lipinski definition) is 2. The van der Waals surface area contributed by atoms with Crippen LogP contribution in [0.3, 0.4) is 0 Å². The van der Waals surface area contributed by atoms with Crippen LogP contribution in [0.4, 0.5) is 0 Å². The quantitative estimate of drug-likeness (QED) is 0.807. The molecule has 3 aliphatic rings. The second kappa shape index (κ2) is 5.20. The van der Waals surface area contributed by atoms with E-state index in [1.165, 1.54) is 38.5 Å². The third kappa shape index (κ3) is 2.56. The molecule has 3 nitrogen and oxygen atoms in total. The number of rotatable bonds is 3. The van der Waals surface area contributed by atoms with Crippen LogP contribution in [0.15, 0.2) is 0 Å². The monoisotopic (exact) mass is 250 g/mol. The molecule has 0 heterocycles. The molecule has 0 aliphatic heterocycles. The van der Waals surface area contributed by atoms with Gasteiger partial charge in [-0.3, -0.25) is 4.79 Å². The maximum absolute atomic E-state index is 12.1. The summed E-state index contributed by atoms with van der Waals surface area (Å²) in [4.78, 5) is 12.1. The summed E-state index contributed by atoms with van der Waals surface area (Å²) < 4.78 is 0. The van der Waals surface area contributed by atoms with E-state index in [1.807, 2.05) is 0 Å². The number of carbonyl (C=O) groups excluding carboxylic acids is 1. The molecule has 18 heavy (non-hydrogen) atoms. The summed E-state index contributed by atoms with van der Waals surface area (Å²) in [6.45, 7) is 0. The summed E-state index contributed by atoms with van der Waals surface area (Å²) in [5, 5.41) is 3.28. The molecule has 5 unspecified atom stereocenters. The molecule has 3 aliphatic carbocycles. The number of nitrogens with one attached hydrogen (secondary N) is 1. The molecule has 0 saturated heterocycles. The molecule has 1 amide bonds. The molecule has 0 aromatic rings. The molecule has 0 radical (unpaired) electrons. The fourth-order valence-corrected chi connectivity index (χ4v) is 4.42. The van der Waals surface area contributed by atoms with Gasteiger partial charge in [0.1, 0.15) is 0 Å². The van der Waals surface area contributed by atoms with Gasteiger partial charge >= 0.3 is 0 Å². The molecular formula is C15H26N2O. The standard InChI is InChI=1S/C15H26N2O/c16-13-4-2-1-3-11(13)9-15(18)17-14-8-10-5-6-12(14)7-10/h10-14H,1-9,16H2,(H,17,18). The molecule has 2 bridgehead atoms. The zero-order chi connectivity index (χ0) is 12.5. The van der Waals surface area contributed by atoms with Crippen LogP contribution >= 0.6 is 0 Å². The summed E-state index contributed by atoms with van der Waals surface area (Å²) >= 11 is 0. The summed E-state index contributed by atoms with van der Waals surface area (Å²) in [6, 6.07) is 0.737. The van der Waals surface area contributed by atoms with Crippen LogP contribution in [0, 0.1) is 17.8 Å². The fraction of sp³-hybridized carbons (Fsp3) is 0.933. The van der Waals surface area contributed by atoms with E-state index >= 15 is 0 Å². The van der Waals surface area contributed by atoms with Crippen molar-refractivity contribution in [3.8, 4) is 0 Å². The van der Waals surface area contributed by atoms with Gasteiger partial charge in [0.15, 0.2) is 0 Å². The zero-order valence-electron chi connectivity index (χ0n) is 11.2. The number of hydrogen-bond donors (Lipinski definition) is 2. The molecule has 3 fully saturated rings. The smallest absolute Gasteiger partial charge is 0.220 e. The number of fused-ring (bicyclic) bond motifs is 2. The molecule has 0 aromatic heterocycles. The van der Waals surface area contributed by atoms with Crippen LogP contribution in [-0.2, 0) is 4.79 Å². The minimum atomic E-state index is 0.254. The lowest BCUT2D eigenvalue weighted by molar-refractivity contribution is -0.123. The first-order valence-corrected chi connectivity index (χ1v) is 7.77. The lowest BCUT2D eigenvalue weighted by Crippen LogP contribution is -2.42. The van der Waals surface area contributed by atoms with Gasteiger partial charge in [0, 0.05) is 18.5 Å².